The molecule has 2 rings (SSSR count). The third-order valence-electron chi connectivity index (χ3n) is 3.26. The van der Waals surface area contributed by atoms with E-state index in [0.29, 0.717) is 6.42 Å². The van der Waals surface area contributed by atoms with Crippen molar-refractivity contribution >= 4 is 0 Å². The average Bonchev–Trinajstić information content (AvgIpc) is 2.48. The van der Waals surface area contributed by atoms with Gasteiger partial charge in [-0.25, -0.2) is 0 Å². The SMILES string of the molecule is COc1cccc(C(C)(C#N)Cc2ccncc2)c1. The topological polar surface area (TPSA) is 45.9 Å². The molecule has 1 aromatic carbocycles. The molecule has 0 N–H and O–H groups in total. The summed E-state index contributed by atoms with van der Waals surface area (Å²) >= 11 is 0. The first-order valence-electron chi connectivity index (χ1n) is 6.12. The van der Waals surface area contributed by atoms with Crippen LogP contribution < -0.4 is 4.74 Å². The zero-order chi connectivity index (χ0) is 13.7. The molecule has 0 aliphatic heterocycles. The molecule has 0 saturated carbocycles. The molecule has 2 aromatic rings. The predicted octanol–water partition coefficient (Wildman–Crippen LogP) is 3.11. The molecular weight excluding hydrogens is 236 g/mol. The number of methoxy groups -OCH3 is 1. The Morgan fingerprint density at radius 3 is 2.63 bits per heavy atom. The van der Waals surface area contributed by atoms with Gasteiger partial charge in [0.25, 0.3) is 0 Å². The fourth-order valence-electron chi connectivity index (χ4n) is 2.08. The van der Waals surface area contributed by atoms with Crippen LogP contribution in [-0.4, -0.2) is 12.1 Å². The van der Waals surface area contributed by atoms with Gasteiger partial charge in [-0.15, -0.1) is 0 Å². The number of nitrogens with zero attached hydrogens (tertiary/aromatic N) is 2. The summed E-state index contributed by atoms with van der Waals surface area (Å²) in [5, 5.41) is 9.56. The highest BCUT2D eigenvalue weighted by Gasteiger charge is 2.27. The minimum absolute atomic E-state index is 0.574. The summed E-state index contributed by atoms with van der Waals surface area (Å²) in [5.74, 6) is 0.772. The molecule has 3 heteroatoms. The molecule has 0 spiro atoms. The first-order chi connectivity index (χ1) is 9.18. The van der Waals surface area contributed by atoms with Gasteiger partial charge in [0.1, 0.15) is 5.75 Å². The Morgan fingerprint density at radius 2 is 2.00 bits per heavy atom. The minimum atomic E-state index is -0.574. The van der Waals surface area contributed by atoms with Crippen LogP contribution in [-0.2, 0) is 11.8 Å². The second-order valence-corrected chi connectivity index (χ2v) is 4.71. The Labute approximate surface area is 113 Å². The van der Waals surface area contributed by atoms with Crippen LogP contribution in [0.3, 0.4) is 0 Å². The van der Waals surface area contributed by atoms with E-state index in [0.717, 1.165) is 16.9 Å². The molecule has 96 valence electrons. The molecule has 0 saturated heterocycles. The van der Waals surface area contributed by atoms with Crippen molar-refractivity contribution < 1.29 is 4.74 Å². The van der Waals surface area contributed by atoms with Crippen molar-refractivity contribution in [2.45, 2.75) is 18.8 Å². The van der Waals surface area contributed by atoms with Crippen molar-refractivity contribution in [1.82, 2.24) is 4.98 Å². The van der Waals surface area contributed by atoms with Gasteiger partial charge in [0.15, 0.2) is 0 Å². The monoisotopic (exact) mass is 252 g/mol. The Hall–Kier alpha value is -2.34. The lowest BCUT2D eigenvalue weighted by Gasteiger charge is -2.22. The third kappa shape index (κ3) is 2.92. The summed E-state index contributed by atoms with van der Waals surface area (Å²) in [6.45, 7) is 1.95. The van der Waals surface area contributed by atoms with Crippen LogP contribution in [0.15, 0.2) is 48.8 Å². The summed E-state index contributed by atoms with van der Waals surface area (Å²) in [4.78, 5) is 4.00. The summed E-state index contributed by atoms with van der Waals surface area (Å²) in [7, 11) is 1.63. The number of ether oxygens (including phenoxy) is 1. The molecule has 3 nitrogen and oxygen atoms in total. The van der Waals surface area contributed by atoms with Gasteiger partial charge in [-0.1, -0.05) is 12.1 Å². The van der Waals surface area contributed by atoms with Crippen LogP contribution in [0.4, 0.5) is 0 Å². The van der Waals surface area contributed by atoms with Crippen LogP contribution in [0.5, 0.6) is 5.75 Å². The van der Waals surface area contributed by atoms with Crippen LogP contribution >= 0.6 is 0 Å². The summed E-state index contributed by atoms with van der Waals surface area (Å²) in [6, 6.07) is 14.0. The van der Waals surface area contributed by atoms with E-state index in [-0.39, 0.29) is 0 Å². The highest BCUT2D eigenvalue weighted by molar-refractivity contribution is 5.39. The molecule has 1 aromatic heterocycles. The largest absolute Gasteiger partial charge is 0.497 e. The third-order valence-corrected chi connectivity index (χ3v) is 3.26. The molecule has 1 atom stereocenters. The zero-order valence-electron chi connectivity index (χ0n) is 11.1. The van der Waals surface area contributed by atoms with Crippen LogP contribution in [0.25, 0.3) is 0 Å². The van der Waals surface area contributed by atoms with E-state index in [4.69, 9.17) is 4.74 Å². The lowest BCUT2D eigenvalue weighted by atomic mass is 9.79. The number of hydrogen-bond acceptors (Lipinski definition) is 3. The molecule has 0 bridgehead atoms. The van der Waals surface area contributed by atoms with Gasteiger partial charge in [-0.05, 0) is 48.7 Å². The number of nitriles is 1. The highest BCUT2D eigenvalue weighted by atomic mass is 16.5. The lowest BCUT2D eigenvalue weighted by Crippen LogP contribution is -2.22. The van der Waals surface area contributed by atoms with Crippen molar-refractivity contribution in [3.05, 3.63) is 59.9 Å². The van der Waals surface area contributed by atoms with Gasteiger partial charge in [0.2, 0.25) is 0 Å². The lowest BCUT2D eigenvalue weighted by molar-refractivity contribution is 0.413. The summed E-state index contributed by atoms with van der Waals surface area (Å²) < 4.78 is 5.23. The van der Waals surface area contributed by atoms with Crippen LogP contribution in [0.2, 0.25) is 0 Å². The van der Waals surface area contributed by atoms with E-state index in [1.54, 1.807) is 19.5 Å². The van der Waals surface area contributed by atoms with E-state index >= 15 is 0 Å². The summed E-state index contributed by atoms with van der Waals surface area (Å²) in [6.07, 6.45) is 4.15. The normalized spacial score (nSPS) is 13.3. The standard InChI is InChI=1S/C16H16N2O/c1-16(12-17,11-13-6-8-18-9-7-13)14-4-3-5-15(10-14)19-2/h3-10H,11H2,1-2H3. The summed E-state index contributed by atoms with van der Waals surface area (Å²) in [5.41, 5.74) is 1.49. The number of aromatic nitrogens is 1. The zero-order valence-corrected chi connectivity index (χ0v) is 11.1. The maximum Gasteiger partial charge on any atom is 0.119 e. The second-order valence-electron chi connectivity index (χ2n) is 4.71. The quantitative estimate of drug-likeness (QED) is 0.839. The molecule has 0 radical (unpaired) electrons. The number of pyridine rings is 1. The van der Waals surface area contributed by atoms with Gasteiger partial charge in [-0.2, -0.15) is 5.26 Å². The van der Waals surface area contributed by atoms with Crippen LogP contribution in [0, 0.1) is 11.3 Å². The maximum absolute atomic E-state index is 9.56. The molecule has 0 amide bonds. The van der Waals surface area contributed by atoms with Crippen molar-refractivity contribution in [2.75, 3.05) is 7.11 Å². The Kier molecular flexibility index (Phi) is 3.82. The number of hydrogen-bond donors (Lipinski definition) is 0. The van der Waals surface area contributed by atoms with Crippen LogP contribution in [0.1, 0.15) is 18.1 Å². The molecule has 19 heavy (non-hydrogen) atoms. The Balaban J connectivity index is 2.34. The molecule has 0 fully saturated rings. The first kappa shape index (κ1) is 13.1. The molecule has 1 unspecified atom stereocenters. The van der Waals surface area contributed by atoms with E-state index in [1.807, 2.05) is 43.3 Å². The maximum atomic E-state index is 9.56. The Morgan fingerprint density at radius 1 is 1.26 bits per heavy atom. The molecular formula is C16H16N2O. The number of rotatable bonds is 4. The van der Waals surface area contributed by atoms with Gasteiger partial charge in [-0.3, -0.25) is 4.98 Å². The molecule has 0 aliphatic carbocycles. The van der Waals surface area contributed by atoms with Crippen molar-refractivity contribution in [1.29, 1.82) is 5.26 Å². The van der Waals surface area contributed by atoms with E-state index < -0.39 is 5.41 Å². The highest BCUT2D eigenvalue weighted by Crippen LogP contribution is 2.29. The van der Waals surface area contributed by atoms with E-state index in [2.05, 4.69) is 11.1 Å². The van der Waals surface area contributed by atoms with Gasteiger partial charge in [0, 0.05) is 12.4 Å². The molecule has 0 aliphatic rings. The van der Waals surface area contributed by atoms with Gasteiger partial charge < -0.3 is 4.74 Å². The average molecular weight is 252 g/mol. The van der Waals surface area contributed by atoms with Crippen molar-refractivity contribution in [3.8, 4) is 11.8 Å². The predicted molar refractivity (Wildman–Crippen MR) is 73.9 cm³/mol. The fraction of sp³-hybridized carbons (Fsp3) is 0.250. The van der Waals surface area contributed by atoms with E-state index in [1.165, 1.54) is 0 Å². The minimum Gasteiger partial charge on any atom is -0.497 e. The van der Waals surface area contributed by atoms with Crippen molar-refractivity contribution in [2.24, 2.45) is 0 Å². The number of benzene rings is 1. The second kappa shape index (κ2) is 5.53. The van der Waals surface area contributed by atoms with Gasteiger partial charge in [0.05, 0.1) is 18.6 Å². The smallest absolute Gasteiger partial charge is 0.119 e. The fourth-order valence-corrected chi connectivity index (χ4v) is 2.08. The van der Waals surface area contributed by atoms with Crippen molar-refractivity contribution in [3.63, 3.8) is 0 Å². The first-order valence-corrected chi connectivity index (χ1v) is 6.12. The van der Waals surface area contributed by atoms with E-state index in [9.17, 15) is 5.26 Å². The van der Waals surface area contributed by atoms with Gasteiger partial charge >= 0.3 is 0 Å². The molecule has 1 heterocycles. The Bertz CT molecular complexity index is 589.